The van der Waals surface area contributed by atoms with Crippen LogP contribution in [0.5, 0.6) is 0 Å². The van der Waals surface area contributed by atoms with Crippen LogP contribution in [0.25, 0.3) is 98.0 Å². The largest absolute Gasteiger partial charge is 0.310 e. The van der Waals surface area contributed by atoms with Gasteiger partial charge in [-0.25, -0.2) is 0 Å². The molecule has 0 aliphatic carbocycles. The van der Waals surface area contributed by atoms with Crippen LogP contribution in [0, 0.1) is 0 Å². The summed E-state index contributed by atoms with van der Waals surface area (Å²) in [6.45, 7) is 0. The van der Waals surface area contributed by atoms with Crippen LogP contribution < -0.4 is 4.90 Å². The summed E-state index contributed by atoms with van der Waals surface area (Å²) in [7, 11) is 0. The standard InChI is InChI=1S/C60H39N/c1-2-13-40(14-3-1)43-18-12-19-49(36-43)61(48-30-25-42(26-31-48)59-38-45-17-6-8-21-52(45)55-23-10-11-24-56(55)59)50-37-44-16-5-9-22-53(44)60(39-50)47-28-32-54-46(35-47)29-34-57-51-20-7-4-15-41(51)27-33-58(54)57/h1-39H. The van der Waals surface area contributed by atoms with Crippen LogP contribution >= 0.6 is 0 Å². The third kappa shape index (κ3) is 6.02. The molecule has 0 aliphatic heterocycles. The van der Waals surface area contributed by atoms with Gasteiger partial charge < -0.3 is 4.90 Å². The average molecular weight is 774 g/mol. The summed E-state index contributed by atoms with van der Waals surface area (Å²) in [5, 5.41) is 15.1. The van der Waals surface area contributed by atoms with E-state index < -0.39 is 0 Å². The van der Waals surface area contributed by atoms with E-state index >= 15 is 0 Å². The van der Waals surface area contributed by atoms with Crippen LogP contribution in [-0.2, 0) is 0 Å². The van der Waals surface area contributed by atoms with E-state index in [1.807, 2.05) is 0 Å². The van der Waals surface area contributed by atoms with E-state index in [0.29, 0.717) is 0 Å². The van der Waals surface area contributed by atoms with E-state index in [2.05, 4.69) is 241 Å². The molecule has 0 heterocycles. The molecule has 12 aromatic rings. The van der Waals surface area contributed by atoms with Crippen molar-refractivity contribution in [3.05, 3.63) is 237 Å². The smallest absolute Gasteiger partial charge is 0.0474 e. The second-order valence-electron chi connectivity index (χ2n) is 16.1. The molecule has 0 radical (unpaired) electrons. The fourth-order valence-corrected chi connectivity index (χ4v) is 9.64. The van der Waals surface area contributed by atoms with Crippen molar-refractivity contribution in [2.24, 2.45) is 0 Å². The quantitative estimate of drug-likeness (QED) is 0.152. The minimum Gasteiger partial charge on any atom is -0.310 e. The lowest BCUT2D eigenvalue weighted by molar-refractivity contribution is 1.29. The Balaban J connectivity index is 1.03. The molecule has 61 heavy (non-hydrogen) atoms. The van der Waals surface area contributed by atoms with Crippen LogP contribution in [0.4, 0.5) is 17.1 Å². The van der Waals surface area contributed by atoms with E-state index in [9.17, 15) is 0 Å². The topological polar surface area (TPSA) is 3.24 Å². The van der Waals surface area contributed by atoms with Gasteiger partial charge in [0, 0.05) is 17.1 Å². The lowest BCUT2D eigenvalue weighted by Crippen LogP contribution is -2.10. The first-order valence-corrected chi connectivity index (χ1v) is 21.1. The summed E-state index contributed by atoms with van der Waals surface area (Å²) < 4.78 is 0. The summed E-state index contributed by atoms with van der Waals surface area (Å²) in [4.78, 5) is 2.42. The molecule has 0 amide bonds. The monoisotopic (exact) mass is 773 g/mol. The zero-order valence-corrected chi connectivity index (χ0v) is 33.5. The zero-order valence-electron chi connectivity index (χ0n) is 33.5. The fraction of sp³-hybridized carbons (Fsp3) is 0. The Labute approximate surface area is 355 Å². The highest BCUT2D eigenvalue weighted by Crippen LogP contribution is 2.44. The third-order valence-corrected chi connectivity index (χ3v) is 12.6. The Morgan fingerprint density at radius 3 is 1.48 bits per heavy atom. The number of hydrogen-bond acceptors (Lipinski definition) is 1. The number of nitrogens with zero attached hydrogens (tertiary/aromatic N) is 1. The summed E-state index contributed by atoms with van der Waals surface area (Å²) in [6.07, 6.45) is 0. The van der Waals surface area contributed by atoms with Gasteiger partial charge in [0.05, 0.1) is 0 Å². The minimum absolute atomic E-state index is 1.09. The highest BCUT2D eigenvalue weighted by Gasteiger charge is 2.18. The lowest BCUT2D eigenvalue weighted by Gasteiger charge is -2.27. The van der Waals surface area contributed by atoms with E-state index in [1.54, 1.807) is 0 Å². The van der Waals surface area contributed by atoms with Crippen LogP contribution in [0.3, 0.4) is 0 Å². The van der Waals surface area contributed by atoms with Crippen molar-refractivity contribution < 1.29 is 0 Å². The normalized spacial score (nSPS) is 11.6. The van der Waals surface area contributed by atoms with Crippen LogP contribution in [0.15, 0.2) is 237 Å². The number of anilines is 3. The van der Waals surface area contributed by atoms with Gasteiger partial charge in [0.25, 0.3) is 0 Å². The predicted octanol–water partition coefficient (Wildman–Crippen LogP) is 17.1. The van der Waals surface area contributed by atoms with Crippen molar-refractivity contribution >= 4 is 81.7 Å². The van der Waals surface area contributed by atoms with Crippen molar-refractivity contribution in [2.45, 2.75) is 0 Å². The first-order chi connectivity index (χ1) is 30.2. The Hall–Kier alpha value is -8.00. The van der Waals surface area contributed by atoms with Gasteiger partial charge in [-0.2, -0.15) is 0 Å². The Morgan fingerprint density at radius 1 is 0.197 bits per heavy atom. The van der Waals surface area contributed by atoms with Crippen molar-refractivity contribution in [3.63, 3.8) is 0 Å². The number of benzene rings is 12. The molecule has 1 heteroatoms. The zero-order chi connectivity index (χ0) is 40.3. The highest BCUT2D eigenvalue weighted by molar-refractivity contribution is 6.18. The molecular weight excluding hydrogens is 735 g/mol. The summed E-state index contributed by atoms with van der Waals surface area (Å²) >= 11 is 0. The summed E-state index contributed by atoms with van der Waals surface area (Å²) in [5.74, 6) is 0. The molecule has 0 saturated heterocycles. The van der Waals surface area contributed by atoms with Gasteiger partial charge in [0.15, 0.2) is 0 Å². The molecule has 1 nitrogen and oxygen atoms in total. The van der Waals surface area contributed by atoms with E-state index in [-0.39, 0.29) is 0 Å². The number of hydrogen-bond donors (Lipinski definition) is 0. The highest BCUT2D eigenvalue weighted by atomic mass is 15.1. The lowest BCUT2D eigenvalue weighted by atomic mass is 9.92. The SMILES string of the molecule is c1ccc(-c2cccc(N(c3ccc(-c4cc5ccccc5c5ccccc45)cc3)c3cc(-c4ccc5c(ccc6c7ccccc7ccc56)c4)c4ccccc4c3)c2)cc1. The number of fused-ring (bicyclic) bond motifs is 9. The predicted molar refractivity (Wildman–Crippen MR) is 262 cm³/mol. The Kier molecular flexibility index (Phi) is 8.25. The molecule has 0 saturated carbocycles. The maximum absolute atomic E-state index is 2.42. The molecule has 0 bridgehead atoms. The first-order valence-electron chi connectivity index (χ1n) is 21.1. The van der Waals surface area contributed by atoms with Gasteiger partial charge in [0.2, 0.25) is 0 Å². The van der Waals surface area contributed by atoms with Crippen molar-refractivity contribution in [1.82, 2.24) is 0 Å². The molecule has 0 N–H and O–H groups in total. The second kappa shape index (κ2) is 14.4. The molecule has 0 fully saturated rings. The van der Waals surface area contributed by atoms with Crippen molar-refractivity contribution in [1.29, 1.82) is 0 Å². The maximum atomic E-state index is 2.42. The average Bonchev–Trinajstić information content (AvgIpc) is 3.34. The van der Waals surface area contributed by atoms with Crippen LogP contribution in [0.1, 0.15) is 0 Å². The molecule has 0 atom stereocenters. The molecule has 0 unspecified atom stereocenters. The van der Waals surface area contributed by atoms with Gasteiger partial charge in [-0.05, 0) is 147 Å². The Bertz CT molecular complexity index is 3640. The van der Waals surface area contributed by atoms with Crippen LogP contribution in [0.2, 0.25) is 0 Å². The van der Waals surface area contributed by atoms with Crippen molar-refractivity contribution in [2.75, 3.05) is 4.90 Å². The van der Waals surface area contributed by atoms with Gasteiger partial charge in [0.1, 0.15) is 0 Å². The van der Waals surface area contributed by atoms with Gasteiger partial charge in [-0.1, -0.05) is 188 Å². The van der Waals surface area contributed by atoms with Gasteiger partial charge >= 0.3 is 0 Å². The van der Waals surface area contributed by atoms with Gasteiger partial charge in [-0.3, -0.25) is 0 Å². The van der Waals surface area contributed by atoms with E-state index in [4.69, 9.17) is 0 Å². The molecule has 0 aliphatic rings. The fourth-order valence-electron chi connectivity index (χ4n) is 9.64. The van der Waals surface area contributed by atoms with Crippen LogP contribution in [-0.4, -0.2) is 0 Å². The summed E-state index contributed by atoms with van der Waals surface area (Å²) in [6, 6.07) is 86.9. The first kappa shape index (κ1) is 35.0. The maximum Gasteiger partial charge on any atom is 0.0474 e. The minimum atomic E-state index is 1.09. The van der Waals surface area contributed by atoms with E-state index in [1.165, 1.54) is 98.0 Å². The molecule has 12 aromatic carbocycles. The second-order valence-corrected chi connectivity index (χ2v) is 16.1. The molecule has 0 spiro atoms. The Morgan fingerprint density at radius 2 is 0.705 bits per heavy atom. The summed E-state index contributed by atoms with van der Waals surface area (Å²) in [5.41, 5.74) is 10.5. The van der Waals surface area contributed by atoms with Crippen molar-refractivity contribution in [3.8, 4) is 33.4 Å². The number of rotatable bonds is 6. The third-order valence-electron chi connectivity index (χ3n) is 12.6. The molecule has 0 aromatic heterocycles. The van der Waals surface area contributed by atoms with E-state index in [0.717, 1.165) is 17.1 Å². The molecule has 12 rings (SSSR count). The molecular formula is C60H39N. The van der Waals surface area contributed by atoms with Gasteiger partial charge in [-0.15, -0.1) is 0 Å². The molecule has 284 valence electrons.